The molecule has 0 aliphatic heterocycles. The van der Waals surface area contributed by atoms with Gasteiger partial charge in [-0.25, -0.2) is 0 Å². The average molecular weight is 267 g/mol. The molecule has 0 aromatic carbocycles. The second-order valence-corrected chi connectivity index (χ2v) is 5.10. The van der Waals surface area contributed by atoms with Gasteiger partial charge in [0.05, 0.1) is 12.2 Å². The molecule has 1 aromatic rings. The smallest absolute Gasteiger partial charge is 0.224 e. The van der Waals surface area contributed by atoms with E-state index >= 15 is 0 Å². The minimum Gasteiger partial charge on any atom is -0.359 e. The summed E-state index contributed by atoms with van der Waals surface area (Å²) in [5.74, 6) is 0.847. The van der Waals surface area contributed by atoms with Crippen LogP contribution in [-0.2, 0) is 11.3 Å². The Morgan fingerprint density at radius 2 is 2.05 bits per heavy atom. The van der Waals surface area contributed by atoms with Crippen molar-refractivity contribution in [2.24, 2.45) is 11.7 Å². The fourth-order valence-corrected chi connectivity index (χ4v) is 1.89. The topological polar surface area (TPSA) is 81.2 Å². The minimum atomic E-state index is -0.207. The maximum absolute atomic E-state index is 11.8. The Balaban J connectivity index is 2.53. The summed E-state index contributed by atoms with van der Waals surface area (Å²) >= 11 is 0. The van der Waals surface area contributed by atoms with E-state index < -0.39 is 0 Å². The molecule has 0 aliphatic rings. The van der Waals surface area contributed by atoms with E-state index in [0.29, 0.717) is 18.2 Å². The Kier molecular flexibility index (Phi) is 6.02. The number of rotatable bonds is 7. The molecule has 1 rings (SSSR count). The molecule has 0 saturated carbocycles. The summed E-state index contributed by atoms with van der Waals surface area (Å²) in [5, 5.41) is 6.88. The Bertz CT molecular complexity index is 397. The van der Waals surface area contributed by atoms with E-state index in [4.69, 9.17) is 10.3 Å². The molecule has 0 radical (unpaired) electrons. The molecule has 1 amide bonds. The number of amides is 1. The standard InChI is InChI=1S/C14H25N3O2/c1-5-11(6-2)13-7-12(19-17-13)8-16-14(18)9(3)10(4)15/h7,9-11H,5-6,8,15H2,1-4H3,(H,16,18). The van der Waals surface area contributed by atoms with Crippen molar-refractivity contribution in [1.82, 2.24) is 10.5 Å². The highest BCUT2D eigenvalue weighted by Gasteiger charge is 2.18. The van der Waals surface area contributed by atoms with Crippen LogP contribution in [0, 0.1) is 5.92 Å². The van der Waals surface area contributed by atoms with Crippen LogP contribution in [0.3, 0.4) is 0 Å². The van der Waals surface area contributed by atoms with Crippen LogP contribution in [0.5, 0.6) is 0 Å². The highest BCUT2D eigenvalue weighted by atomic mass is 16.5. The normalized spacial score (nSPS) is 14.4. The second kappa shape index (κ2) is 7.28. The fraction of sp³-hybridized carbons (Fsp3) is 0.714. The van der Waals surface area contributed by atoms with Gasteiger partial charge in [-0.05, 0) is 19.8 Å². The van der Waals surface area contributed by atoms with Crippen molar-refractivity contribution in [3.05, 3.63) is 17.5 Å². The van der Waals surface area contributed by atoms with Crippen molar-refractivity contribution in [3.8, 4) is 0 Å². The van der Waals surface area contributed by atoms with E-state index in [9.17, 15) is 4.79 Å². The second-order valence-electron chi connectivity index (χ2n) is 5.10. The molecule has 1 heterocycles. The van der Waals surface area contributed by atoms with Crippen molar-refractivity contribution in [3.63, 3.8) is 0 Å². The van der Waals surface area contributed by atoms with Gasteiger partial charge in [0.1, 0.15) is 0 Å². The molecule has 3 N–H and O–H groups in total. The van der Waals surface area contributed by atoms with E-state index in [1.165, 1.54) is 0 Å². The number of nitrogens with zero attached hydrogens (tertiary/aromatic N) is 1. The summed E-state index contributed by atoms with van der Waals surface area (Å²) in [6.45, 7) is 8.27. The van der Waals surface area contributed by atoms with Gasteiger partial charge in [-0.2, -0.15) is 0 Å². The summed E-state index contributed by atoms with van der Waals surface area (Å²) in [5.41, 5.74) is 6.66. The lowest BCUT2D eigenvalue weighted by atomic mass is 9.99. The number of carbonyl (C=O) groups excluding carboxylic acids is 1. The van der Waals surface area contributed by atoms with E-state index in [0.717, 1.165) is 18.5 Å². The van der Waals surface area contributed by atoms with Gasteiger partial charge < -0.3 is 15.6 Å². The quantitative estimate of drug-likeness (QED) is 0.793. The van der Waals surface area contributed by atoms with Crippen LogP contribution < -0.4 is 11.1 Å². The molecule has 0 aliphatic carbocycles. The van der Waals surface area contributed by atoms with Gasteiger partial charge in [0.2, 0.25) is 5.91 Å². The summed E-state index contributed by atoms with van der Waals surface area (Å²) in [6, 6.07) is 1.77. The maximum atomic E-state index is 11.8. The number of hydrogen-bond acceptors (Lipinski definition) is 4. The third-order valence-corrected chi connectivity index (χ3v) is 3.62. The molecular formula is C14H25N3O2. The largest absolute Gasteiger partial charge is 0.359 e. The predicted octanol–water partition coefficient (Wildman–Crippen LogP) is 2.18. The molecule has 0 spiro atoms. The first-order valence-electron chi connectivity index (χ1n) is 6.98. The Hall–Kier alpha value is -1.36. The van der Waals surface area contributed by atoms with Crippen LogP contribution in [-0.4, -0.2) is 17.1 Å². The minimum absolute atomic E-state index is 0.0597. The highest BCUT2D eigenvalue weighted by molar-refractivity contribution is 5.78. The first-order chi connectivity index (χ1) is 8.99. The number of carbonyl (C=O) groups is 1. The van der Waals surface area contributed by atoms with Gasteiger partial charge >= 0.3 is 0 Å². The Morgan fingerprint density at radius 1 is 1.42 bits per heavy atom. The monoisotopic (exact) mass is 267 g/mol. The van der Waals surface area contributed by atoms with Crippen molar-refractivity contribution in [1.29, 1.82) is 0 Å². The van der Waals surface area contributed by atoms with E-state index in [1.54, 1.807) is 0 Å². The molecular weight excluding hydrogens is 242 g/mol. The zero-order valence-corrected chi connectivity index (χ0v) is 12.3. The van der Waals surface area contributed by atoms with Crippen molar-refractivity contribution < 1.29 is 9.32 Å². The van der Waals surface area contributed by atoms with Crippen LogP contribution in [0.25, 0.3) is 0 Å². The molecule has 0 fully saturated rings. The number of hydrogen-bond donors (Lipinski definition) is 2. The third kappa shape index (κ3) is 4.35. The fourth-order valence-electron chi connectivity index (χ4n) is 1.89. The SMILES string of the molecule is CCC(CC)c1cc(CNC(=O)C(C)C(C)N)on1. The van der Waals surface area contributed by atoms with Crippen LogP contribution in [0.2, 0.25) is 0 Å². The van der Waals surface area contributed by atoms with E-state index in [-0.39, 0.29) is 17.9 Å². The summed E-state index contributed by atoms with van der Waals surface area (Å²) in [7, 11) is 0. The highest BCUT2D eigenvalue weighted by Crippen LogP contribution is 2.22. The zero-order chi connectivity index (χ0) is 14.4. The Morgan fingerprint density at radius 3 is 2.58 bits per heavy atom. The van der Waals surface area contributed by atoms with Gasteiger partial charge in [-0.3, -0.25) is 4.79 Å². The molecule has 5 nitrogen and oxygen atoms in total. The summed E-state index contributed by atoms with van der Waals surface area (Å²) in [6.07, 6.45) is 2.08. The van der Waals surface area contributed by atoms with Gasteiger partial charge in [-0.1, -0.05) is 25.9 Å². The average Bonchev–Trinajstić information content (AvgIpc) is 2.85. The molecule has 108 valence electrons. The van der Waals surface area contributed by atoms with Crippen LogP contribution in [0.15, 0.2) is 10.6 Å². The lowest BCUT2D eigenvalue weighted by Crippen LogP contribution is -2.38. The number of aromatic nitrogens is 1. The van der Waals surface area contributed by atoms with Crippen LogP contribution in [0.1, 0.15) is 57.9 Å². The van der Waals surface area contributed by atoms with Crippen molar-refractivity contribution in [2.75, 3.05) is 0 Å². The lowest BCUT2D eigenvalue weighted by molar-refractivity contribution is -0.125. The molecule has 2 unspecified atom stereocenters. The number of nitrogens with one attached hydrogen (secondary N) is 1. The maximum Gasteiger partial charge on any atom is 0.224 e. The molecule has 0 bridgehead atoms. The van der Waals surface area contributed by atoms with Gasteiger partial charge in [0.15, 0.2) is 5.76 Å². The van der Waals surface area contributed by atoms with Gasteiger partial charge in [-0.15, -0.1) is 0 Å². The molecule has 5 heteroatoms. The summed E-state index contributed by atoms with van der Waals surface area (Å²) in [4.78, 5) is 11.8. The molecule has 2 atom stereocenters. The zero-order valence-electron chi connectivity index (χ0n) is 12.3. The van der Waals surface area contributed by atoms with Gasteiger partial charge in [0, 0.05) is 23.9 Å². The van der Waals surface area contributed by atoms with Crippen molar-refractivity contribution >= 4 is 5.91 Å². The first kappa shape index (κ1) is 15.7. The summed E-state index contributed by atoms with van der Waals surface area (Å²) < 4.78 is 5.24. The molecule has 1 aromatic heterocycles. The lowest BCUT2D eigenvalue weighted by Gasteiger charge is -2.14. The first-order valence-corrected chi connectivity index (χ1v) is 6.98. The number of nitrogens with two attached hydrogens (primary N) is 1. The van der Waals surface area contributed by atoms with Gasteiger partial charge in [0.25, 0.3) is 0 Å². The van der Waals surface area contributed by atoms with Crippen LogP contribution >= 0.6 is 0 Å². The van der Waals surface area contributed by atoms with Crippen molar-refractivity contribution in [2.45, 2.75) is 59.0 Å². The van der Waals surface area contributed by atoms with E-state index in [1.807, 2.05) is 19.9 Å². The van der Waals surface area contributed by atoms with Crippen LogP contribution in [0.4, 0.5) is 0 Å². The molecule has 0 saturated heterocycles. The van der Waals surface area contributed by atoms with E-state index in [2.05, 4.69) is 24.3 Å². The Labute approximate surface area is 114 Å². The molecule has 19 heavy (non-hydrogen) atoms. The predicted molar refractivity (Wildman–Crippen MR) is 74.5 cm³/mol. The third-order valence-electron chi connectivity index (χ3n) is 3.62.